The third-order valence-corrected chi connectivity index (χ3v) is 10.6. The molecule has 50 heavy (non-hydrogen) atoms. The molecule has 0 N–H and O–H groups in total. The number of alkyl halides is 1. The predicted octanol–water partition coefficient (Wildman–Crippen LogP) is 6.76. The lowest BCUT2D eigenvalue weighted by Crippen LogP contribution is -2.33. The van der Waals surface area contributed by atoms with Crippen molar-refractivity contribution in [3.63, 3.8) is 0 Å². The number of benzene rings is 3. The van der Waals surface area contributed by atoms with E-state index in [4.69, 9.17) is 10.2 Å². The SMILES string of the molecule is CCN(CC)CCN(C)Cc1nnc(Cn2c(SCc3ccc(F)cc3)nc(=O)c3c2CCC3)n1Cc1ccc(-c2ccc(CF)cc2)cc1. The first-order valence-electron chi connectivity index (χ1n) is 17.4. The predicted molar refractivity (Wildman–Crippen MR) is 196 cm³/mol. The van der Waals surface area contributed by atoms with E-state index in [0.29, 0.717) is 36.1 Å². The van der Waals surface area contributed by atoms with Crippen LogP contribution in [-0.4, -0.2) is 67.3 Å². The Hall–Kier alpha value is -4.19. The minimum absolute atomic E-state index is 0.160. The molecule has 1 aliphatic rings. The minimum Gasteiger partial charge on any atom is -0.316 e. The van der Waals surface area contributed by atoms with E-state index in [-0.39, 0.29) is 11.4 Å². The number of hydrogen-bond acceptors (Lipinski definition) is 7. The van der Waals surface area contributed by atoms with Gasteiger partial charge in [0.15, 0.2) is 11.0 Å². The molecule has 0 aliphatic heterocycles. The van der Waals surface area contributed by atoms with Crippen molar-refractivity contribution in [2.45, 2.75) is 70.3 Å². The first-order valence-corrected chi connectivity index (χ1v) is 18.4. The van der Waals surface area contributed by atoms with Crippen LogP contribution >= 0.6 is 11.8 Å². The zero-order valence-corrected chi connectivity index (χ0v) is 29.9. The number of fused-ring (bicyclic) bond motifs is 1. The van der Waals surface area contributed by atoms with Gasteiger partial charge in [0.05, 0.1) is 19.6 Å². The number of hydrogen-bond donors (Lipinski definition) is 0. The van der Waals surface area contributed by atoms with Crippen LogP contribution < -0.4 is 5.56 Å². The summed E-state index contributed by atoms with van der Waals surface area (Å²) in [5.74, 6) is 1.95. The second-order valence-corrected chi connectivity index (χ2v) is 13.8. The third-order valence-electron chi connectivity index (χ3n) is 9.53. The molecule has 0 amide bonds. The lowest BCUT2D eigenvalue weighted by atomic mass is 10.0. The van der Waals surface area contributed by atoms with Gasteiger partial charge in [-0.15, -0.1) is 10.2 Å². The van der Waals surface area contributed by atoms with Crippen molar-refractivity contribution < 1.29 is 8.78 Å². The van der Waals surface area contributed by atoms with Crippen molar-refractivity contribution in [2.24, 2.45) is 0 Å². The third kappa shape index (κ3) is 8.57. The fraction of sp³-hybridized carbons (Fsp3) is 0.385. The summed E-state index contributed by atoms with van der Waals surface area (Å²) in [5.41, 5.74) is 6.48. The second kappa shape index (κ2) is 16.7. The Kier molecular flexibility index (Phi) is 11.9. The van der Waals surface area contributed by atoms with Crippen molar-refractivity contribution >= 4 is 11.8 Å². The molecule has 2 heterocycles. The highest BCUT2D eigenvalue weighted by Crippen LogP contribution is 2.28. The summed E-state index contributed by atoms with van der Waals surface area (Å²) in [6.07, 6.45) is 2.44. The van der Waals surface area contributed by atoms with Crippen molar-refractivity contribution in [1.29, 1.82) is 0 Å². The number of nitrogens with zero attached hydrogens (tertiary/aromatic N) is 7. The lowest BCUT2D eigenvalue weighted by molar-refractivity contribution is 0.232. The van der Waals surface area contributed by atoms with E-state index in [9.17, 15) is 13.6 Å². The average Bonchev–Trinajstić information content (AvgIpc) is 3.78. The molecule has 3 aromatic carbocycles. The molecule has 0 saturated heterocycles. The molecule has 6 rings (SSSR count). The van der Waals surface area contributed by atoms with E-state index in [1.54, 1.807) is 12.1 Å². The maximum absolute atomic E-state index is 13.6. The van der Waals surface area contributed by atoms with Gasteiger partial charge in [0.25, 0.3) is 5.56 Å². The Morgan fingerprint density at radius 2 is 1.42 bits per heavy atom. The van der Waals surface area contributed by atoms with Crippen molar-refractivity contribution in [3.8, 4) is 11.1 Å². The normalized spacial score (nSPS) is 12.7. The summed E-state index contributed by atoms with van der Waals surface area (Å²) in [7, 11) is 2.12. The Bertz CT molecular complexity index is 1920. The quantitative estimate of drug-likeness (QED) is 0.0834. The number of likely N-dealkylation sites (N-methyl/N-ethyl adjacent to an activating group) is 2. The molecular weight excluding hydrogens is 653 g/mol. The van der Waals surface area contributed by atoms with Crippen LogP contribution in [0.1, 0.15) is 59.9 Å². The number of aromatic nitrogens is 5. The summed E-state index contributed by atoms with van der Waals surface area (Å²) < 4.78 is 31.0. The van der Waals surface area contributed by atoms with Crippen LogP contribution in [0, 0.1) is 5.82 Å². The van der Waals surface area contributed by atoms with Crippen LogP contribution in [0.3, 0.4) is 0 Å². The number of thioether (sulfide) groups is 1. The molecule has 0 radical (unpaired) electrons. The van der Waals surface area contributed by atoms with Crippen LogP contribution in [-0.2, 0) is 44.9 Å². The van der Waals surface area contributed by atoms with Gasteiger partial charge in [-0.25, -0.2) is 8.78 Å². The molecule has 0 atom stereocenters. The summed E-state index contributed by atoms with van der Waals surface area (Å²) in [5, 5.41) is 10.1. The molecule has 2 aromatic heterocycles. The van der Waals surface area contributed by atoms with E-state index >= 15 is 0 Å². The number of halogens is 2. The molecule has 8 nitrogen and oxygen atoms in total. The van der Waals surface area contributed by atoms with Crippen LogP contribution in [0.5, 0.6) is 0 Å². The first kappa shape index (κ1) is 35.6. The molecule has 0 fully saturated rings. The molecule has 0 unspecified atom stereocenters. The van der Waals surface area contributed by atoms with Gasteiger partial charge < -0.3 is 14.0 Å². The molecule has 0 saturated carbocycles. The molecule has 0 spiro atoms. The van der Waals surface area contributed by atoms with Gasteiger partial charge in [-0.2, -0.15) is 4.98 Å². The van der Waals surface area contributed by atoms with E-state index in [0.717, 1.165) is 90.6 Å². The second-order valence-electron chi connectivity index (χ2n) is 12.9. The van der Waals surface area contributed by atoms with E-state index in [2.05, 4.69) is 69.1 Å². The molecule has 11 heteroatoms. The van der Waals surface area contributed by atoms with Gasteiger partial charge in [-0.05, 0) is 79.3 Å². The van der Waals surface area contributed by atoms with Gasteiger partial charge in [-0.1, -0.05) is 86.3 Å². The van der Waals surface area contributed by atoms with Gasteiger partial charge in [-0.3, -0.25) is 9.69 Å². The van der Waals surface area contributed by atoms with Gasteiger partial charge in [0.2, 0.25) is 0 Å². The van der Waals surface area contributed by atoms with Gasteiger partial charge >= 0.3 is 0 Å². The smallest absolute Gasteiger partial charge is 0.277 e. The summed E-state index contributed by atoms with van der Waals surface area (Å²) >= 11 is 1.49. The van der Waals surface area contributed by atoms with Crippen LogP contribution in [0.15, 0.2) is 82.7 Å². The molecular formula is C39H45F2N7OS. The Labute approximate surface area is 297 Å². The minimum atomic E-state index is -0.472. The van der Waals surface area contributed by atoms with Crippen molar-refractivity contribution in [3.05, 3.63) is 129 Å². The fourth-order valence-corrected chi connectivity index (χ4v) is 7.43. The Balaban J connectivity index is 1.30. The first-order chi connectivity index (χ1) is 24.3. The Morgan fingerprint density at radius 3 is 2.08 bits per heavy atom. The standard InChI is InChI=1S/C39H45F2N7OS/c1-4-46(5-2)22-21-45(3)25-36-43-44-37(48(36)24-29-11-17-32(18-12-29)31-15-9-28(23-40)10-16-31)26-47-35-8-6-7-34(35)38(49)42-39(47)50-27-30-13-19-33(41)20-14-30/h9-20H,4-8,21-27H2,1-3H3. The lowest BCUT2D eigenvalue weighted by Gasteiger charge is -2.23. The molecule has 1 aliphatic carbocycles. The van der Waals surface area contributed by atoms with E-state index in [1.165, 1.54) is 23.9 Å². The van der Waals surface area contributed by atoms with Crippen LogP contribution in [0.2, 0.25) is 0 Å². The summed E-state index contributed by atoms with van der Waals surface area (Å²) in [4.78, 5) is 22.3. The highest BCUT2D eigenvalue weighted by molar-refractivity contribution is 7.98. The maximum Gasteiger partial charge on any atom is 0.277 e. The van der Waals surface area contributed by atoms with Crippen molar-refractivity contribution in [2.75, 3.05) is 33.2 Å². The average molecular weight is 698 g/mol. The summed E-state index contributed by atoms with van der Waals surface area (Å²) in [6.45, 7) is 9.45. The summed E-state index contributed by atoms with van der Waals surface area (Å²) in [6, 6.07) is 22.4. The fourth-order valence-electron chi connectivity index (χ4n) is 6.46. The highest BCUT2D eigenvalue weighted by atomic mass is 32.2. The zero-order chi connectivity index (χ0) is 35.0. The van der Waals surface area contributed by atoms with E-state index in [1.807, 2.05) is 24.3 Å². The molecule has 262 valence electrons. The van der Waals surface area contributed by atoms with E-state index < -0.39 is 6.67 Å². The van der Waals surface area contributed by atoms with Crippen LogP contribution in [0.4, 0.5) is 8.78 Å². The Morgan fingerprint density at radius 1 is 0.780 bits per heavy atom. The van der Waals surface area contributed by atoms with Gasteiger partial charge in [0.1, 0.15) is 18.3 Å². The molecule has 5 aromatic rings. The number of rotatable bonds is 16. The van der Waals surface area contributed by atoms with Gasteiger partial charge in [0, 0.05) is 30.1 Å². The highest BCUT2D eigenvalue weighted by Gasteiger charge is 2.24. The maximum atomic E-state index is 13.6. The largest absolute Gasteiger partial charge is 0.316 e. The molecule has 0 bridgehead atoms. The zero-order valence-electron chi connectivity index (χ0n) is 29.1. The topological polar surface area (TPSA) is 72.1 Å². The van der Waals surface area contributed by atoms with Crippen molar-refractivity contribution in [1.82, 2.24) is 34.1 Å². The monoisotopic (exact) mass is 697 g/mol. The van der Waals surface area contributed by atoms with Crippen LogP contribution in [0.25, 0.3) is 11.1 Å².